The number of fused-ring (bicyclic) bond motifs is 1. The van der Waals surface area contributed by atoms with Gasteiger partial charge in [-0.05, 0) is 92.3 Å². The summed E-state index contributed by atoms with van der Waals surface area (Å²) in [6, 6.07) is 18.2. The van der Waals surface area contributed by atoms with E-state index in [1.165, 1.54) is 4.90 Å². The summed E-state index contributed by atoms with van der Waals surface area (Å²) < 4.78 is 11.7. The molecule has 1 saturated heterocycles. The van der Waals surface area contributed by atoms with Gasteiger partial charge in [-0.15, -0.1) is 0 Å². The van der Waals surface area contributed by atoms with Crippen molar-refractivity contribution in [3.05, 3.63) is 87.9 Å². The fourth-order valence-corrected chi connectivity index (χ4v) is 6.26. The van der Waals surface area contributed by atoms with Crippen LogP contribution in [0, 0.1) is 5.92 Å². The molecule has 0 saturated carbocycles. The number of nitrogens with zero attached hydrogens (tertiary/aromatic N) is 2. The van der Waals surface area contributed by atoms with Crippen molar-refractivity contribution in [3.8, 4) is 11.5 Å². The van der Waals surface area contributed by atoms with Crippen LogP contribution in [0.2, 0.25) is 5.02 Å². The molecule has 0 bridgehead atoms. The normalized spacial score (nSPS) is 20.2. The number of aliphatic hydroxyl groups is 1. The molecule has 3 atom stereocenters. The van der Waals surface area contributed by atoms with E-state index in [1.807, 2.05) is 74.5 Å². The van der Waals surface area contributed by atoms with E-state index in [2.05, 4.69) is 0 Å². The first kappa shape index (κ1) is 29.7. The van der Waals surface area contributed by atoms with E-state index >= 15 is 0 Å². The van der Waals surface area contributed by atoms with Gasteiger partial charge in [0.1, 0.15) is 0 Å². The zero-order valence-corrected chi connectivity index (χ0v) is 25.1. The summed E-state index contributed by atoms with van der Waals surface area (Å²) in [5, 5.41) is 21.6. The minimum Gasteiger partial charge on any atom is -0.493 e. The third-order valence-electron chi connectivity index (χ3n) is 8.35. The van der Waals surface area contributed by atoms with Crippen molar-refractivity contribution in [2.24, 2.45) is 5.92 Å². The van der Waals surface area contributed by atoms with E-state index in [1.54, 1.807) is 18.9 Å². The predicted octanol–water partition coefficient (Wildman–Crippen LogP) is 6.41. The van der Waals surface area contributed by atoms with Crippen LogP contribution in [0.5, 0.6) is 11.5 Å². The van der Waals surface area contributed by atoms with Gasteiger partial charge < -0.3 is 29.5 Å². The van der Waals surface area contributed by atoms with Crippen LogP contribution in [-0.4, -0.2) is 53.4 Å². The maximum Gasteiger partial charge on any atom is 0.407 e. The van der Waals surface area contributed by atoms with E-state index in [4.69, 9.17) is 21.1 Å². The van der Waals surface area contributed by atoms with Gasteiger partial charge in [0.15, 0.2) is 11.5 Å². The standard InChI is InChI=1S/C33H37ClN2O6/c1-20(2)42-29-18-27-22(16-28(29)41-4)17-30(37)36(31(27)21-7-11-25(34)12-8-21)26-13-9-23(10-14-26)33(3,40)24-6-5-15-35(19-24)32(38)39/h7-14,16,18,20,24,31,40H,5-6,15,17,19H2,1-4H3,(H,38,39)/t24-,31-,33?/m0/s1. The zero-order valence-electron chi connectivity index (χ0n) is 24.3. The summed E-state index contributed by atoms with van der Waals surface area (Å²) >= 11 is 6.23. The lowest BCUT2D eigenvalue weighted by molar-refractivity contribution is -0.118. The number of halogens is 1. The second-order valence-electron chi connectivity index (χ2n) is 11.5. The molecule has 1 fully saturated rings. The molecule has 9 heteroatoms. The van der Waals surface area contributed by atoms with Gasteiger partial charge in [0.2, 0.25) is 5.91 Å². The van der Waals surface area contributed by atoms with Crippen molar-refractivity contribution in [2.45, 2.75) is 57.8 Å². The van der Waals surface area contributed by atoms with Crippen LogP contribution in [0.3, 0.4) is 0 Å². The molecule has 0 aromatic heterocycles. The van der Waals surface area contributed by atoms with Crippen molar-refractivity contribution >= 4 is 29.3 Å². The SMILES string of the molecule is COc1cc2c(cc1OC(C)C)[C@H](c1ccc(Cl)cc1)N(c1ccc(C(C)(O)[C@H]3CCCN(C(=O)O)C3)cc1)C(=O)C2. The Labute approximate surface area is 251 Å². The molecule has 5 rings (SSSR count). The molecule has 2 amide bonds. The Morgan fingerprint density at radius 1 is 1.07 bits per heavy atom. The average molecular weight is 593 g/mol. The van der Waals surface area contributed by atoms with Crippen molar-refractivity contribution in [1.82, 2.24) is 4.90 Å². The quantitative estimate of drug-likeness (QED) is 0.329. The van der Waals surface area contributed by atoms with Crippen LogP contribution in [0.25, 0.3) is 0 Å². The number of methoxy groups -OCH3 is 1. The predicted molar refractivity (Wildman–Crippen MR) is 162 cm³/mol. The molecular formula is C33H37ClN2O6. The van der Waals surface area contributed by atoms with Crippen LogP contribution in [0.4, 0.5) is 10.5 Å². The van der Waals surface area contributed by atoms with Gasteiger partial charge in [-0.25, -0.2) is 4.79 Å². The summed E-state index contributed by atoms with van der Waals surface area (Å²) in [7, 11) is 1.59. The number of anilines is 1. The maximum atomic E-state index is 13.8. The molecule has 0 aliphatic carbocycles. The number of ether oxygens (including phenoxy) is 2. The van der Waals surface area contributed by atoms with Crippen LogP contribution in [-0.2, 0) is 16.8 Å². The van der Waals surface area contributed by atoms with E-state index in [0.717, 1.165) is 23.1 Å². The van der Waals surface area contributed by atoms with Gasteiger partial charge in [-0.3, -0.25) is 4.79 Å². The molecular weight excluding hydrogens is 556 g/mol. The first-order chi connectivity index (χ1) is 20.0. The highest BCUT2D eigenvalue weighted by Gasteiger charge is 2.39. The molecule has 1 unspecified atom stereocenters. The number of hydrogen-bond donors (Lipinski definition) is 2. The second-order valence-corrected chi connectivity index (χ2v) is 12.0. The van der Waals surface area contributed by atoms with Crippen molar-refractivity contribution in [1.29, 1.82) is 0 Å². The maximum absolute atomic E-state index is 13.8. The minimum atomic E-state index is -1.24. The van der Waals surface area contributed by atoms with Crippen molar-refractivity contribution in [3.63, 3.8) is 0 Å². The number of carbonyl (C=O) groups excluding carboxylic acids is 1. The van der Waals surface area contributed by atoms with E-state index in [0.29, 0.717) is 40.7 Å². The molecule has 8 nitrogen and oxygen atoms in total. The van der Waals surface area contributed by atoms with Gasteiger partial charge >= 0.3 is 6.09 Å². The summed E-state index contributed by atoms with van der Waals surface area (Å²) in [5.74, 6) is 0.863. The lowest BCUT2D eigenvalue weighted by Crippen LogP contribution is -2.46. The summed E-state index contributed by atoms with van der Waals surface area (Å²) in [6.45, 7) is 6.39. The fourth-order valence-electron chi connectivity index (χ4n) is 6.13. The number of carbonyl (C=O) groups is 2. The highest BCUT2D eigenvalue weighted by Crippen LogP contribution is 2.44. The lowest BCUT2D eigenvalue weighted by Gasteiger charge is -2.40. The third-order valence-corrected chi connectivity index (χ3v) is 8.61. The zero-order chi connectivity index (χ0) is 30.2. The Morgan fingerprint density at radius 2 is 1.76 bits per heavy atom. The van der Waals surface area contributed by atoms with Gasteiger partial charge in [0, 0.05) is 29.7 Å². The first-order valence-electron chi connectivity index (χ1n) is 14.2. The highest BCUT2D eigenvalue weighted by molar-refractivity contribution is 6.30. The molecule has 2 heterocycles. The molecule has 0 radical (unpaired) electrons. The number of rotatable bonds is 7. The van der Waals surface area contributed by atoms with E-state index < -0.39 is 17.7 Å². The summed E-state index contributed by atoms with van der Waals surface area (Å²) in [6.07, 6.45) is 0.567. The smallest absolute Gasteiger partial charge is 0.407 e. The number of amides is 2. The molecule has 42 heavy (non-hydrogen) atoms. The average Bonchev–Trinajstić information content (AvgIpc) is 2.97. The Morgan fingerprint density at radius 3 is 2.38 bits per heavy atom. The Hall–Kier alpha value is -3.75. The van der Waals surface area contributed by atoms with Gasteiger partial charge in [-0.1, -0.05) is 35.9 Å². The molecule has 2 aliphatic rings. The van der Waals surface area contributed by atoms with E-state index in [-0.39, 0.29) is 30.9 Å². The molecule has 222 valence electrons. The molecule has 0 spiro atoms. The van der Waals surface area contributed by atoms with Gasteiger partial charge in [-0.2, -0.15) is 0 Å². The van der Waals surface area contributed by atoms with Gasteiger partial charge in [0.05, 0.1) is 31.3 Å². The topological polar surface area (TPSA) is 99.5 Å². The largest absolute Gasteiger partial charge is 0.493 e. The number of piperidine rings is 1. The number of benzene rings is 3. The third kappa shape index (κ3) is 5.78. The molecule has 3 aromatic rings. The monoisotopic (exact) mass is 592 g/mol. The number of carboxylic acid groups (broad SMARTS) is 1. The Bertz CT molecular complexity index is 1450. The highest BCUT2D eigenvalue weighted by atomic mass is 35.5. The lowest BCUT2D eigenvalue weighted by atomic mass is 9.78. The van der Waals surface area contributed by atoms with Crippen molar-refractivity contribution < 1.29 is 29.3 Å². The summed E-state index contributed by atoms with van der Waals surface area (Å²) in [4.78, 5) is 28.5. The summed E-state index contributed by atoms with van der Waals surface area (Å²) in [5.41, 5.74) is 2.81. The molecule has 2 aliphatic heterocycles. The van der Waals surface area contributed by atoms with E-state index in [9.17, 15) is 19.8 Å². The number of hydrogen-bond acceptors (Lipinski definition) is 5. The fraction of sp³-hybridized carbons (Fsp3) is 0.394. The minimum absolute atomic E-state index is 0.0701. The van der Waals surface area contributed by atoms with Crippen LogP contribution in [0.1, 0.15) is 61.9 Å². The Balaban J connectivity index is 1.54. The van der Waals surface area contributed by atoms with Crippen LogP contribution in [0.15, 0.2) is 60.7 Å². The molecule has 3 aromatic carbocycles. The van der Waals surface area contributed by atoms with Crippen molar-refractivity contribution in [2.75, 3.05) is 25.1 Å². The molecule has 2 N–H and O–H groups in total. The first-order valence-corrected chi connectivity index (χ1v) is 14.6. The number of likely N-dealkylation sites (tertiary alicyclic amines) is 1. The van der Waals surface area contributed by atoms with Crippen LogP contribution >= 0.6 is 11.6 Å². The Kier molecular flexibility index (Phi) is 8.39. The van der Waals surface area contributed by atoms with Gasteiger partial charge in [0.25, 0.3) is 0 Å². The second kappa shape index (κ2) is 11.9. The van der Waals surface area contributed by atoms with Crippen LogP contribution < -0.4 is 14.4 Å².